The molecule has 62 valence electrons. The summed E-state index contributed by atoms with van der Waals surface area (Å²) in [6.07, 6.45) is 0.628. The summed E-state index contributed by atoms with van der Waals surface area (Å²) in [5.74, 6) is 0.406. The molecule has 0 aliphatic heterocycles. The van der Waals surface area contributed by atoms with Gasteiger partial charge in [-0.05, 0) is 6.92 Å². The first-order valence-electron chi connectivity index (χ1n) is 2.81. The van der Waals surface area contributed by atoms with Crippen LogP contribution in [0.1, 0.15) is 13.3 Å². The largest absolute Gasteiger partial charge is 0.430 e. The monoisotopic (exact) mass is 186 g/mol. The smallest absolute Gasteiger partial charge is 0.328 e. The van der Waals surface area contributed by atoms with Gasteiger partial charge in [0.15, 0.2) is 5.75 Å². The van der Waals surface area contributed by atoms with Gasteiger partial charge in [0.1, 0.15) is 0 Å². The molecule has 0 aromatic heterocycles. The van der Waals surface area contributed by atoms with E-state index in [1.807, 2.05) is 0 Å². The van der Waals surface area contributed by atoms with Crippen LogP contribution in [0.2, 0.25) is 0 Å². The Morgan fingerprint density at radius 1 is 1.70 bits per heavy atom. The molecule has 0 amide bonds. The normalized spacial score (nSPS) is 14.8. The molecule has 0 heterocycles. The van der Waals surface area contributed by atoms with E-state index in [0.29, 0.717) is 22.5 Å². The van der Waals surface area contributed by atoms with Crippen LogP contribution in [0.3, 0.4) is 0 Å². The van der Waals surface area contributed by atoms with Crippen molar-refractivity contribution in [3.8, 4) is 0 Å². The Bertz CT molecular complexity index is 187. The Balaban J connectivity index is 3.66. The Kier molecular flexibility index (Phi) is 4.30. The average Bonchev–Trinajstić information content (AvgIpc) is 1.59. The van der Waals surface area contributed by atoms with E-state index in [4.69, 9.17) is 14.8 Å². The number of nitrogens with two attached hydrogens (primary N) is 1. The van der Waals surface area contributed by atoms with E-state index in [-0.39, 0.29) is 6.04 Å². The molecule has 1 unspecified atom stereocenters. The Morgan fingerprint density at radius 3 is 2.50 bits per heavy atom. The third-order valence-corrected chi connectivity index (χ3v) is 2.94. The van der Waals surface area contributed by atoms with Gasteiger partial charge >= 0.3 is 9.05 Å². The standard InChI is InChI=1S/C4H11NO3S2/c1-4(5)2-3-9-10(6,7)8/h4H,2-3,5H2,1H3,(H-,6,7,8)/p+1. The molecule has 0 aliphatic carbocycles. The summed E-state index contributed by atoms with van der Waals surface area (Å²) < 4.78 is 26.9. The summed E-state index contributed by atoms with van der Waals surface area (Å²) in [5, 5.41) is 0. The van der Waals surface area contributed by atoms with Gasteiger partial charge in [-0.3, -0.25) is 9.11 Å². The van der Waals surface area contributed by atoms with Gasteiger partial charge in [-0.25, -0.2) is 0 Å². The fourth-order valence-electron chi connectivity index (χ4n) is 0.343. The molecule has 6 heteroatoms. The summed E-state index contributed by atoms with van der Waals surface area (Å²) in [5.41, 5.74) is 5.35. The summed E-state index contributed by atoms with van der Waals surface area (Å²) in [6, 6.07) is 0.00856. The van der Waals surface area contributed by atoms with Crippen LogP contribution in [0.25, 0.3) is 0 Å². The SMILES string of the molecule is CC(N)CC[S+]=S(=O)(O)O. The van der Waals surface area contributed by atoms with Crippen molar-refractivity contribution in [1.82, 2.24) is 0 Å². The van der Waals surface area contributed by atoms with Gasteiger partial charge in [-0.2, -0.15) is 4.21 Å². The molecule has 10 heavy (non-hydrogen) atoms. The Labute approximate surface area is 64.1 Å². The van der Waals surface area contributed by atoms with Gasteiger partial charge in [0.05, 0.1) is 0 Å². The number of rotatable bonds is 3. The van der Waals surface area contributed by atoms with Crippen LogP contribution in [0.15, 0.2) is 0 Å². The van der Waals surface area contributed by atoms with Crippen molar-refractivity contribution in [2.45, 2.75) is 19.4 Å². The molecular weight excluding hydrogens is 174 g/mol. The van der Waals surface area contributed by atoms with Gasteiger partial charge in [0.25, 0.3) is 10.3 Å². The summed E-state index contributed by atoms with van der Waals surface area (Å²) in [6.45, 7) is 1.80. The van der Waals surface area contributed by atoms with Gasteiger partial charge < -0.3 is 5.73 Å². The first-order chi connectivity index (χ1) is 4.42. The highest BCUT2D eigenvalue weighted by Gasteiger charge is 2.09. The minimum absolute atomic E-state index is 0.00856. The van der Waals surface area contributed by atoms with E-state index in [1.54, 1.807) is 6.92 Å². The lowest BCUT2D eigenvalue weighted by Gasteiger charge is -1.93. The quantitative estimate of drug-likeness (QED) is 0.540. The number of hydrogen-bond acceptors (Lipinski definition) is 2. The molecule has 4 N–H and O–H groups in total. The molecule has 0 saturated heterocycles. The van der Waals surface area contributed by atoms with Crippen molar-refractivity contribution >= 4 is 19.4 Å². The lowest BCUT2D eigenvalue weighted by molar-refractivity contribution is 0.450. The van der Waals surface area contributed by atoms with Crippen LogP contribution in [-0.4, -0.2) is 25.1 Å². The number of hydrogen-bond donors (Lipinski definition) is 3. The lowest BCUT2D eigenvalue weighted by Crippen LogP contribution is -2.16. The maximum absolute atomic E-state index is 10.2. The summed E-state index contributed by atoms with van der Waals surface area (Å²) in [7, 11) is -2.99. The van der Waals surface area contributed by atoms with E-state index in [2.05, 4.69) is 0 Å². The zero-order valence-corrected chi connectivity index (χ0v) is 7.32. The molecule has 0 radical (unpaired) electrons. The summed E-state index contributed by atoms with van der Waals surface area (Å²) >= 11 is 0. The Hall–Kier alpha value is 0.250. The summed E-state index contributed by atoms with van der Waals surface area (Å²) in [4.78, 5) is 0. The first-order valence-corrected chi connectivity index (χ1v) is 5.78. The van der Waals surface area contributed by atoms with Crippen LogP contribution in [0.4, 0.5) is 0 Å². The van der Waals surface area contributed by atoms with Crippen molar-refractivity contribution in [2.24, 2.45) is 5.73 Å². The van der Waals surface area contributed by atoms with Gasteiger partial charge in [-0.15, -0.1) is 0 Å². The predicted molar refractivity (Wildman–Crippen MR) is 43.9 cm³/mol. The Morgan fingerprint density at radius 2 is 2.20 bits per heavy atom. The van der Waals surface area contributed by atoms with Crippen LogP contribution in [0, 0.1) is 0 Å². The van der Waals surface area contributed by atoms with Crippen molar-refractivity contribution in [2.75, 3.05) is 5.75 Å². The highest BCUT2D eigenvalue weighted by Crippen LogP contribution is 1.87. The highest BCUT2D eigenvalue weighted by molar-refractivity contribution is 8.34. The zero-order chi connectivity index (χ0) is 8.20. The van der Waals surface area contributed by atoms with Gasteiger partial charge in [-0.1, -0.05) is 0 Å². The third-order valence-electron chi connectivity index (χ3n) is 0.810. The first kappa shape index (κ1) is 10.2. The van der Waals surface area contributed by atoms with Gasteiger partial charge in [0, 0.05) is 12.5 Å². The minimum Gasteiger partial charge on any atom is -0.328 e. The predicted octanol–water partition coefficient (Wildman–Crippen LogP) is -0.0483. The average molecular weight is 186 g/mol. The molecule has 0 aromatic carbocycles. The second-order valence-corrected chi connectivity index (χ2v) is 5.59. The fraction of sp³-hybridized carbons (Fsp3) is 1.00. The van der Waals surface area contributed by atoms with Crippen LogP contribution in [0.5, 0.6) is 0 Å². The minimum atomic E-state index is -3.61. The van der Waals surface area contributed by atoms with E-state index in [0.717, 1.165) is 0 Å². The maximum Gasteiger partial charge on any atom is 0.430 e. The maximum atomic E-state index is 10.2. The molecular formula is C4H12NO3S2+. The van der Waals surface area contributed by atoms with E-state index in [9.17, 15) is 4.21 Å². The van der Waals surface area contributed by atoms with Gasteiger partial charge in [0.2, 0.25) is 0 Å². The van der Waals surface area contributed by atoms with Crippen molar-refractivity contribution in [1.29, 1.82) is 0 Å². The van der Waals surface area contributed by atoms with Crippen molar-refractivity contribution in [3.63, 3.8) is 0 Å². The van der Waals surface area contributed by atoms with E-state index >= 15 is 0 Å². The highest BCUT2D eigenvalue weighted by atomic mass is 32.9. The molecule has 0 aliphatic rings. The molecule has 0 fully saturated rings. The van der Waals surface area contributed by atoms with E-state index in [1.165, 1.54) is 0 Å². The second-order valence-electron chi connectivity index (χ2n) is 2.04. The molecule has 0 saturated carbocycles. The van der Waals surface area contributed by atoms with Crippen LogP contribution < -0.4 is 5.73 Å². The topological polar surface area (TPSA) is 83.6 Å². The molecule has 4 nitrogen and oxygen atoms in total. The zero-order valence-electron chi connectivity index (χ0n) is 5.69. The van der Waals surface area contributed by atoms with E-state index < -0.39 is 9.05 Å². The molecule has 0 aromatic rings. The second kappa shape index (κ2) is 4.20. The third kappa shape index (κ3) is 8.25. The van der Waals surface area contributed by atoms with Crippen LogP contribution >= 0.6 is 0 Å². The fourth-order valence-corrected chi connectivity index (χ4v) is 1.97. The lowest BCUT2D eigenvalue weighted by atomic mass is 10.3. The van der Waals surface area contributed by atoms with Crippen molar-refractivity contribution < 1.29 is 13.3 Å². The molecule has 0 spiro atoms. The van der Waals surface area contributed by atoms with Crippen LogP contribution in [-0.2, 0) is 19.4 Å². The molecule has 0 bridgehead atoms. The van der Waals surface area contributed by atoms with Crippen molar-refractivity contribution in [3.05, 3.63) is 0 Å². The molecule has 0 rings (SSSR count). The molecule has 1 atom stereocenters.